The molecule has 54 heavy (non-hydrogen) atoms. The van der Waals surface area contributed by atoms with Crippen molar-refractivity contribution in [2.45, 2.75) is 200 Å². The molecule has 0 aromatic heterocycles. The molecule has 0 aliphatic heterocycles. The molecule has 9 nitrogen and oxygen atoms in total. The van der Waals surface area contributed by atoms with Crippen molar-refractivity contribution in [3.8, 4) is 23.7 Å². The first-order valence-corrected chi connectivity index (χ1v) is 23.1. The molecular formula is C44H80NO8P. The van der Waals surface area contributed by atoms with Crippen LogP contribution in [-0.4, -0.2) is 70.0 Å². The van der Waals surface area contributed by atoms with Crippen LogP contribution in [0.3, 0.4) is 0 Å². The fourth-order valence-corrected chi connectivity index (χ4v) is 6.37. The number of rotatable bonds is 36. The SMILES string of the molecule is CCCC#CCCCCCCCCCCCCC(=O)OC[C@H](COP(=O)([O-])OCC[N+](C)(C)C)OC(=O)CCCCCCCC#CCCCCCCCC. The van der Waals surface area contributed by atoms with E-state index in [1.54, 1.807) is 0 Å². The lowest BCUT2D eigenvalue weighted by atomic mass is 10.1. The van der Waals surface area contributed by atoms with Crippen LogP contribution in [0.1, 0.15) is 194 Å². The van der Waals surface area contributed by atoms with Crippen molar-refractivity contribution in [3.05, 3.63) is 0 Å². The zero-order valence-corrected chi connectivity index (χ0v) is 36.3. The molecule has 0 aliphatic carbocycles. The third-order valence-electron chi connectivity index (χ3n) is 9.05. The number of hydrogen-bond donors (Lipinski definition) is 0. The predicted octanol–water partition coefficient (Wildman–Crippen LogP) is 10.6. The second kappa shape index (κ2) is 36.7. The highest BCUT2D eigenvalue weighted by Crippen LogP contribution is 2.38. The van der Waals surface area contributed by atoms with Crippen molar-refractivity contribution in [1.29, 1.82) is 0 Å². The Morgan fingerprint density at radius 1 is 0.556 bits per heavy atom. The second-order valence-electron chi connectivity index (χ2n) is 15.7. The minimum atomic E-state index is -4.63. The van der Waals surface area contributed by atoms with Gasteiger partial charge in [0.25, 0.3) is 7.82 Å². The van der Waals surface area contributed by atoms with Gasteiger partial charge >= 0.3 is 11.9 Å². The van der Waals surface area contributed by atoms with Gasteiger partial charge in [0.15, 0.2) is 6.10 Å². The van der Waals surface area contributed by atoms with Gasteiger partial charge in [-0.1, -0.05) is 117 Å². The molecule has 0 aliphatic rings. The number of unbranched alkanes of at least 4 members (excludes halogenated alkanes) is 22. The number of hydrogen-bond acceptors (Lipinski definition) is 8. The Labute approximate surface area is 332 Å². The number of nitrogens with zero attached hydrogens (tertiary/aromatic N) is 1. The van der Waals surface area contributed by atoms with Gasteiger partial charge in [0, 0.05) is 38.5 Å². The molecule has 0 amide bonds. The van der Waals surface area contributed by atoms with Crippen LogP contribution >= 0.6 is 7.82 Å². The molecule has 0 saturated heterocycles. The molecule has 0 heterocycles. The number of esters is 2. The molecule has 1 unspecified atom stereocenters. The fraction of sp³-hybridized carbons (Fsp3) is 0.864. The van der Waals surface area contributed by atoms with Crippen LogP contribution < -0.4 is 4.89 Å². The van der Waals surface area contributed by atoms with Gasteiger partial charge in [0.1, 0.15) is 19.8 Å². The summed E-state index contributed by atoms with van der Waals surface area (Å²) in [5, 5.41) is 0. The van der Waals surface area contributed by atoms with E-state index in [1.165, 1.54) is 77.0 Å². The molecule has 0 aromatic rings. The largest absolute Gasteiger partial charge is 0.756 e. The van der Waals surface area contributed by atoms with E-state index in [0.717, 1.165) is 83.5 Å². The first-order chi connectivity index (χ1) is 26.0. The van der Waals surface area contributed by atoms with Crippen LogP contribution in [0.5, 0.6) is 0 Å². The molecule has 0 fully saturated rings. The van der Waals surface area contributed by atoms with E-state index in [1.807, 2.05) is 21.1 Å². The van der Waals surface area contributed by atoms with Crippen LogP contribution in [0.4, 0.5) is 0 Å². The van der Waals surface area contributed by atoms with Crippen LogP contribution in [0.25, 0.3) is 0 Å². The van der Waals surface area contributed by atoms with E-state index in [9.17, 15) is 19.0 Å². The molecule has 0 bridgehead atoms. The molecule has 0 spiro atoms. The monoisotopic (exact) mass is 782 g/mol. The highest BCUT2D eigenvalue weighted by atomic mass is 31.2. The first-order valence-electron chi connectivity index (χ1n) is 21.7. The molecule has 0 saturated carbocycles. The number of phosphoric acid groups is 1. The summed E-state index contributed by atoms with van der Waals surface area (Å²) in [7, 11) is 1.14. The van der Waals surface area contributed by atoms with Gasteiger partial charge in [-0.05, 0) is 38.5 Å². The Morgan fingerprint density at radius 3 is 1.44 bits per heavy atom. The summed E-state index contributed by atoms with van der Waals surface area (Å²) in [5.41, 5.74) is 0. The number of quaternary nitrogens is 1. The Balaban J connectivity index is 4.38. The van der Waals surface area contributed by atoms with E-state index < -0.39 is 32.5 Å². The fourth-order valence-electron chi connectivity index (χ4n) is 5.64. The highest BCUT2D eigenvalue weighted by Gasteiger charge is 2.21. The van der Waals surface area contributed by atoms with E-state index in [2.05, 4.69) is 37.5 Å². The van der Waals surface area contributed by atoms with Crippen LogP contribution in [-0.2, 0) is 32.7 Å². The average molecular weight is 782 g/mol. The zero-order valence-electron chi connectivity index (χ0n) is 35.4. The third kappa shape index (κ3) is 39.8. The topological polar surface area (TPSA) is 111 Å². The molecule has 0 aromatic carbocycles. The summed E-state index contributed by atoms with van der Waals surface area (Å²) >= 11 is 0. The van der Waals surface area contributed by atoms with Crippen LogP contribution in [0.2, 0.25) is 0 Å². The van der Waals surface area contributed by atoms with Crippen LogP contribution in [0.15, 0.2) is 0 Å². The predicted molar refractivity (Wildman–Crippen MR) is 219 cm³/mol. The van der Waals surface area contributed by atoms with Gasteiger partial charge in [-0.25, -0.2) is 0 Å². The molecule has 314 valence electrons. The molecule has 0 radical (unpaired) electrons. The third-order valence-corrected chi connectivity index (χ3v) is 10.0. The van der Waals surface area contributed by atoms with E-state index in [4.69, 9.17) is 18.5 Å². The Bertz CT molecular complexity index is 1080. The maximum absolute atomic E-state index is 12.6. The van der Waals surface area contributed by atoms with Crippen molar-refractivity contribution in [2.24, 2.45) is 0 Å². The standard InChI is InChI=1S/C44H80NO8P/c1-6-8-10-12-14-16-18-20-22-24-26-28-30-32-34-36-43(46)50-40-42(41-52-54(48,49)51-39-38-45(3,4)5)53-44(47)37-35-33-31-29-27-25-23-21-19-17-15-13-11-9-7-2/h42H,6-9,11,13-20,22,24-41H2,1-5H3/t42-/m1/s1. The average Bonchev–Trinajstić information content (AvgIpc) is 3.12. The lowest BCUT2D eigenvalue weighted by molar-refractivity contribution is -0.870. The minimum absolute atomic E-state index is 0.0370. The van der Waals surface area contributed by atoms with E-state index >= 15 is 0 Å². The van der Waals surface area contributed by atoms with Crippen molar-refractivity contribution in [3.63, 3.8) is 0 Å². The summed E-state index contributed by atoms with van der Waals surface area (Å²) in [6, 6.07) is 0. The summed E-state index contributed by atoms with van der Waals surface area (Å²) in [6.07, 6.45) is 28.3. The Kier molecular flexibility index (Phi) is 35.5. The van der Waals surface area contributed by atoms with E-state index in [-0.39, 0.29) is 26.1 Å². The zero-order chi connectivity index (χ0) is 40.0. The lowest BCUT2D eigenvalue weighted by Crippen LogP contribution is -2.37. The Morgan fingerprint density at radius 2 is 0.981 bits per heavy atom. The summed E-state index contributed by atoms with van der Waals surface area (Å²) in [5.74, 6) is 12.2. The minimum Gasteiger partial charge on any atom is -0.756 e. The maximum Gasteiger partial charge on any atom is 0.306 e. The second-order valence-corrected chi connectivity index (χ2v) is 17.1. The molecule has 0 rings (SSSR count). The van der Waals surface area contributed by atoms with Crippen molar-refractivity contribution in [1.82, 2.24) is 0 Å². The van der Waals surface area contributed by atoms with Crippen molar-refractivity contribution in [2.75, 3.05) is 47.5 Å². The lowest BCUT2D eigenvalue weighted by Gasteiger charge is -2.28. The van der Waals surface area contributed by atoms with Gasteiger partial charge in [0.05, 0.1) is 27.7 Å². The quantitative estimate of drug-likeness (QED) is 0.0203. The Hall–Kier alpha value is -1.87. The van der Waals surface area contributed by atoms with Gasteiger partial charge in [-0.15, -0.1) is 23.7 Å². The molecular weight excluding hydrogens is 701 g/mol. The number of likely N-dealkylation sites (N-methyl/N-ethyl adjacent to an activating group) is 1. The summed E-state index contributed by atoms with van der Waals surface area (Å²) < 4.78 is 33.8. The number of carbonyl (C=O) groups excluding carboxylic acids is 2. The van der Waals surface area contributed by atoms with Gasteiger partial charge in [-0.2, -0.15) is 0 Å². The van der Waals surface area contributed by atoms with Gasteiger partial charge in [-0.3, -0.25) is 14.2 Å². The van der Waals surface area contributed by atoms with Crippen molar-refractivity contribution >= 4 is 19.8 Å². The van der Waals surface area contributed by atoms with Gasteiger partial charge < -0.3 is 27.9 Å². The smallest absolute Gasteiger partial charge is 0.306 e. The van der Waals surface area contributed by atoms with Crippen molar-refractivity contribution < 1.29 is 42.1 Å². The normalized spacial score (nSPS) is 12.9. The maximum atomic E-state index is 12.6. The summed E-state index contributed by atoms with van der Waals surface area (Å²) in [6.45, 7) is 4.08. The molecule has 2 atom stereocenters. The highest BCUT2D eigenvalue weighted by molar-refractivity contribution is 7.45. The molecule has 10 heteroatoms. The summed E-state index contributed by atoms with van der Waals surface area (Å²) in [4.78, 5) is 37.5. The van der Waals surface area contributed by atoms with Gasteiger partial charge in [0.2, 0.25) is 0 Å². The number of ether oxygens (including phenoxy) is 2. The number of phosphoric ester groups is 1. The first kappa shape index (κ1) is 52.1. The number of carbonyl (C=O) groups is 2. The molecule has 0 N–H and O–H groups in total. The van der Waals surface area contributed by atoms with E-state index in [0.29, 0.717) is 17.4 Å². The van der Waals surface area contributed by atoms with Crippen LogP contribution in [0, 0.1) is 23.7 Å².